The maximum atomic E-state index is 6.22. The second-order valence-corrected chi connectivity index (χ2v) is 7.59. The molecule has 2 N–H and O–H groups in total. The van der Waals surface area contributed by atoms with Crippen molar-refractivity contribution in [1.82, 2.24) is 0 Å². The maximum absolute atomic E-state index is 6.22. The lowest BCUT2D eigenvalue weighted by molar-refractivity contribution is 0.183. The van der Waals surface area contributed by atoms with E-state index >= 15 is 0 Å². The van der Waals surface area contributed by atoms with Crippen LogP contribution in [0.4, 0.5) is 0 Å². The Balaban J connectivity index is 2.28. The molecule has 0 aliphatic carbocycles. The van der Waals surface area contributed by atoms with Crippen molar-refractivity contribution in [2.75, 3.05) is 0 Å². The highest BCUT2D eigenvalue weighted by Crippen LogP contribution is 2.32. The van der Waals surface area contributed by atoms with Crippen molar-refractivity contribution in [2.45, 2.75) is 52.2 Å². The summed E-state index contributed by atoms with van der Waals surface area (Å²) in [5.41, 5.74) is 8.78. The van der Waals surface area contributed by atoms with Crippen molar-refractivity contribution in [3.8, 4) is 5.75 Å². The molecule has 1 heterocycles. The molecule has 0 aliphatic heterocycles. The zero-order valence-electron chi connectivity index (χ0n) is 13.5. The molecule has 0 amide bonds. The summed E-state index contributed by atoms with van der Waals surface area (Å²) in [6.07, 6.45) is -0.0970. The standard InChI is InChI=1S/C18H25NOS/c1-12-9-10-21-17(12)16(13(2)19)20-15-8-6-7-14(11-15)18(3,4)5/h6-11,13,16H,19H2,1-5H3. The van der Waals surface area contributed by atoms with Gasteiger partial charge < -0.3 is 10.5 Å². The molecular weight excluding hydrogens is 278 g/mol. The van der Waals surface area contributed by atoms with Crippen LogP contribution in [0.1, 0.15) is 49.8 Å². The average Bonchev–Trinajstić information content (AvgIpc) is 2.81. The molecule has 2 unspecified atom stereocenters. The lowest BCUT2D eigenvalue weighted by Gasteiger charge is -2.24. The van der Waals surface area contributed by atoms with Gasteiger partial charge in [0.05, 0.1) is 0 Å². The van der Waals surface area contributed by atoms with Crippen LogP contribution in [0.2, 0.25) is 0 Å². The molecule has 0 saturated heterocycles. The summed E-state index contributed by atoms with van der Waals surface area (Å²) in [4.78, 5) is 1.21. The number of thiophene rings is 1. The van der Waals surface area contributed by atoms with Gasteiger partial charge in [-0.15, -0.1) is 11.3 Å². The number of hydrogen-bond acceptors (Lipinski definition) is 3. The zero-order valence-corrected chi connectivity index (χ0v) is 14.3. The smallest absolute Gasteiger partial charge is 0.148 e. The van der Waals surface area contributed by atoms with Crippen LogP contribution in [0.25, 0.3) is 0 Å². The third-order valence-electron chi connectivity index (χ3n) is 3.60. The van der Waals surface area contributed by atoms with Crippen molar-refractivity contribution < 1.29 is 4.74 Å². The first-order valence-corrected chi connectivity index (χ1v) is 8.24. The third kappa shape index (κ3) is 3.86. The number of aryl methyl sites for hydroxylation is 1. The van der Waals surface area contributed by atoms with Crippen LogP contribution in [-0.4, -0.2) is 6.04 Å². The van der Waals surface area contributed by atoms with Crippen LogP contribution < -0.4 is 10.5 Å². The first kappa shape index (κ1) is 16.1. The average molecular weight is 303 g/mol. The second kappa shape index (κ2) is 6.20. The van der Waals surface area contributed by atoms with Crippen LogP contribution in [0.3, 0.4) is 0 Å². The van der Waals surface area contributed by atoms with Crippen LogP contribution in [-0.2, 0) is 5.41 Å². The van der Waals surface area contributed by atoms with E-state index in [1.807, 2.05) is 13.0 Å². The van der Waals surface area contributed by atoms with E-state index in [9.17, 15) is 0 Å². The minimum absolute atomic E-state index is 0.0550. The molecule has 2 rings (SSSR count). The number of hydrogen-bond donors (Lipinski definition) is 1. The van der Waals surface area contributed by atoms with Gasteiger partial charge in [-0.05, 0) is 54.0 Å². The van der Waals surface area contributed by atoms with Gasteiger partial charge >= 0.3 is 0 Å². The van der Waals surface area contributed by atoms with Gasteiger partial charge in [0.15, 0.2) is 0 Å². The number of rotatable bonds is 4. The molecule has 0 saturated carbocycles. The molecule has 1 aromatic carbocycles. The van der Waals surface area contributed by atoms with Gasteiger partial charge in [0.1, 0.15) is 11.9 Å². The highest BCUT2D eigenvalue weighted by Gasteiger charge is 2.22. The molecule has 0 radical (unpaired) electrons. The van der Waals surface area contributed by atoms with E-state index in [0.29, 0.717) is 0 Å². The first-order valence-electron chi connectivity index (χ1n) is 7.36. The Morgan fingerprint density at radius 3 is 2.43 bits per heavy atom. The summed E-state index contributed by atoms with van der Waals surface area (Å²) >= 11 is 1.71. The number of benzene rings is 1. The summed E-state index contributed by atoms with van der Waals surface area (Å²) < 4.78 is 6.22. The normalized spacial score (nSPS) is 14.8. The maximum Gasteiger partial charge on any atom is 0.148 e. The lowest BCUT2D eigenvalue weighted by atomic mass is 9.87. The molecule has 21 heavy (non-hydrogen) atoms. The Morgan fingerprint density at radius 2 is 1.90 bits per heavy atom. The number of ether oxygens (including phenoxy) is 1. The summed E-state index contributed by atoms with van der Waals surface area (Å²) in [6, 6.07) is 10.4. The van der Waals surface area contributed by atoms with E-state index in [1.54, 1.807) is 11.3 Å². The summed E-state index contributed by atoms with van der Waals surface area (Å²) in [5, 5.41) is 2.09. The fourth-order valence-corrected chi connectivity index (χ4v) is 3.33. The zero-order chi connectivity index (χ0) is 15.6. The van der Waals surface area contributed by atoms with Crippen molar-refractivity contribution >= 4 is 11.3 Å². The topological polar surface area (TPSA) is 35.2 Å². The highest BCUT2D eigenvalue weighted by atomic mass is 32.1. The minimum atomic E-state index is -0.0970. The van der Waals surface area contributed by atoms with Crippen LogP contribution in [0, 0.1) is 6.92 Å². The monoisotopic (exact) mass is 303 g/mol. The Kier molecular flexibility index (Phi) is 4.74. The van der Waals surface area contributed by atoms with Gasteiger partial charge in [0, 0.05) is 10.9 Å². The molecule has 0 aliphatic rings. The Hall–Kier alpha value is -1.32. The van der Waals surface area contributed by atoms with Crippen molar-refractivity contribution in [1.29, 1.82) is 0 Å². The van der Waals surface area contributed by atoms with Crippen molar-refractivity contribution in [2.24, 2.45) is 5.73 Å². The van der Waals surface area contributed by atoms with Gasteiger partial charge in [-0.3, -0.25) is 0 Å². The van der Waals surface area contributed by atoms with E-state index in [1.165, 1.54) is 16.0 Å². The minimum Gasteiger partial charge on any atom is -0.483 e. The third-order valence-corrected chi connectivity index (χ3v) is 4.68. The van der Waals surface area contributed by atoms with Gasteiger partial charge in [0.25, 0.3) is 0 Å². The van der Waals surface area contributed by atoms with Gasteiger partial charge in [-0.1, -0.05) is 32.9 Å². The Bertz CT molecular complexity index is 595. The molecular formula is C18H25NOS. The molecule has 2 aromatic rings. The summed E-state index contributed by atoms with van der Waals surface area (Å²) in [7, 11) is 0. The van der Waals surface area contributed by atoms with Gasteiger partial charge in [0.2, 0.25) is 0 Å². The number of nitrogens with two attached hydrogens (primary N) is 1. The van der Waals surface area contributed by atoms with Gasteiger partial charge in [-0.2, -0.15) is 0 Å². The molecule has 2 nitrogen and oxygen atoms in total. The summed E-state index contributed by atoms with van der Waals surface area (Å²) in [6.45, 7) is 10.7. The molecule has 1 aromatic heterocycles. The lowest BCUT2D eigenvalue weighted by Crippen LogP contribution is -2.29. The predicted molar refractivity (Wildman–Crippen MR) is 91.2 cm³/mol. The largest absolute Gasteiger partial charge is 0.483 e. The van der Waals surface area contributed by atoms with E-state index in [2.05, 4.69) is 57.3 Å². The fraction of sp³-hybridized carbons (Fsp3) is 0.444. The molecule has 0 spiro atoms. The Morgan fingerprint density at radius 1 is 1.19 bits per heavy atom. The molecule has 3 heteroatoms. The fourth-order valence-electron chi connectivity index (χ4n) is 2.26. The van der Waals surface area contributed by atoms with Crippen LogP contribution in [0.15, 0.2) is 35.7 Å². The highest BCUT2D eigenvalue weighted by molar-refractivity contribution is 7.10. The second-order valence-electron chi connectivity index (χ2n) is 6.64. The SMILES string of the molecule is Cc1ccsc1C(Oc1cccc(C(C)(C)C)c1)C(C)N. The molecule has 2 atom stereocenters. The molecule has 0 bridgehead atoms. The van der Waals surface area contributed by atoms with E-state index < -0.39 is 0 Å². The first-order chi connectivity index (χ1) is 9.79. The van der Waals surface area contributed by atoms with E-state index in [0.717, 1.165) is 5.75 Å². The predicted octanol–water partition coefficient (Wildman–Crippen LogP) is 4.82. The van der Waals surface area contributed by atoms with E-state index in [-0.39, 0.29) is 17.6 Å². The molecule has 114 valence electrons. The van der Waals surface area contributed by atoms with E-state index in [4.69, 9.17) is 10.5 Å². The van der Waals surface area contributed by atoms with Crippen molar-refractivity contribution in [3.05, 3.63) is 51.7 Å². The summed E-state index contributed by atoms with van der Waals surface area (Å²) in [5.74, 6) is 0.887. The molecule has 0 fully saturated rings. The van der Waals surface area contributed by atoms with Gasteiger partial charge in [-0.25, -0.2) is 0 Å². The quantitative estimate of drug-likeness (QED) is 0.878. The Labute approximate surface area is 132 Å². The van der Waals surface area contributed by atoms with Crippen LogP contribution >= 0.6 is 11.3 Å². The van der Waals surface area contributed by atoms with Crippen molar-refractivity contribution in [3.63, 3.8) is 0 Å². The van der Waals surface area contributed by atoms with Crippen LogP contribution in [0.5, 0.6) is 5.75 Å².